The van der Waals surface area contributed by atoms with E-state index in [0.29, 0.717) is 12.3 Å². The summed E-state index contributed by atoms with van der Waals surface area (Å²) < 4.78 is 24.7. The lowest BCUT2D eigenvalue weighted by Crippen LogP contribution is -2.50. The fourth-order valence-corrected chi connectivity index (χ4v) is 5.66. The number of aromatic nitrogens is 1. The molecule has 1 aliphatic heterocycles. The van der Waals surface area contributed by atoms with Crippen LogP contribution in [-0.4, -0.2) is 54.0 Å². The number of aryl methyl sites for hydroxylation is 1. The Morgan fingerprint density at radius 1 is 1.52 bits per heavy atom. The number of sulfone groups is 1. The Labute approximate surface area is 131 Å². The van der Waals surface area contributed by atoms with Crippen molar-refractivity contribution >= 4 is 21.6 Å². The molecule has 2 unspecified atom stereocenters. The number of hydrogen-bond acceptors (Lipinski definition) is 6. The Kier molecular flexibility index (Phi) is 5.65. The van der Waals surface area contributed by atoms with Crippen LogP contribution in [0.5, 0.6) is 0 Å². The molecule has 21 heavy (non-hydrogen) atoms. The van der Waals surface area contributed by atoms with Crippen LogP contribution in [0.2, 0.25) is 0 Å². The van der Waals surface area contributed by atoms with Gasteiger partial charge in [-0.3, -0.25) is 9.88 Å². The predicted molar refractivity (Wildman–Crippen MR) is 88.0 cm³/mol. The maximum Gasteiger partial charge on any atom is 0.166 e. The number of pyridine rings is 1. The second kappa shape index (κ2) is 7.09. The molecule has 2 rings (SSSR count). The zero-order valence-electron chi connectivity index (χ0n) is 12.5. The standard InChI is InChI=1S/C14H23N3O2S2/c1-3-21(18,19)14-10-20-7-6-17(14)13(8-15)12-5-4-11(2)16-9-12/h4-5,9,13-14H,3,6-8,10,15H2,1-2H3. The lowest BCUT2D eigenvalue weighted by molar-refractivity contribution is 0.197. The molecule has 0 aromatic carbocycles. The molecule has 5 nitrogen and oxygen atoms in total. The Balaban J connectivity index is 2.32. The van der Waals surface area contributed by atoms with E-state index >= 15 is 0 Å². The highest BCUT2D eigenvalue weighted by Crippen LogP contribution is 2.30. The van der Waals surface area contributed by atoms with Gasteiger partial charge in [0.1, 0.15) is 5.37 Å². The zero-order valence-corrected chi connectivity index (χ0v) is 14.2. The summed E-state index contributed by atoms with van der Waals surface area (Å²) >= 11 is 1.70. The summed E-state index contributed by atoms with van der Waals surface area (Å²) in [4.78, 5) is 6.36. The molecule has 0 radical (unpaired) electrons. The number of nitrogens with two attached hydrogens (primary N) is 1. The molecule has 0 saturated carbocycles. The molecule has 118 valence electrons. The topological polar surface area (TPSA) is 76.3 Å². The van der Waals surface area contributed by atoms with Crippen LogP contribution in [-0.2, 0) is 9.84 Å². The minimum atomic E-state index is -3.11. The van der Waals surface area contributed by atoms with Crippen molar-refractivity contribution in [2.24, 2.45) is 5.73 Å². The fraction of sp³-hybridized carbons (Fsp3) is 0.643. The third-order valence-corrected chi connectivity index (χ3v) is 7.19. The Morgan fingerprint density at radius 2 is 2.29 bits per heavy atom. The first-order valence-corrected chi connectivity index (χ1v) is 10.0. The van der Waals surface area contributed by atoms with Crippen molar-refractivity contribution < 1.29 is 8.42 Å². The van der Waals surface area contributed by atoms with Gasteiger partial charge in [-0.1, -0.05) is 13.0 Å². The normalized spacial score (nSPS) is 22.1. The smallest absolute Gasteiger partial charge is 0.166 e. The highest BCUT2D eigenvalue weighted by Gasteiger charge is 2.36. The number of nitrogens with zero attached hydrogens (tertiary/aromatic N) is 2. The first-order chi connectivity index (χ1) is 9.99. The monoisotopic (exact) mass is 329 g/mol. The molecule has 2 heterocycles. The Morgan fingerprint density at radius 3 is 2.86 bits per heavy atom. The molecule has 0 aliphatic carbocycles. The number of thioether (sulfide) groups is 1. The van der Waals surface area contributed by atoms with E-state index in [1.54, 1.807) is 18.7 Å². The van der Waals surface area contributed by atoms with E-state index in [1.807, 2.05) is 30.2 Å². The lowest BCUT2D eigenvalue weighted by Gasteiger charge is -2.40. The molecule has 1 fully saturated rings. The average Bonchev–Trinajstić information content (AvgIpc) is 2.50. The first-order valence-electron chi connectivity index (χ1n) is 7.17. The number of hydrogen-bond donors (Lipinski definition) is 1. The van der Waals surface area contributed by atoms with E-state index in [4.69, 9.17) is 5.73 Å². The highest BCUT2D eigenvalue weighted by molar-refractivity contribution is 8.01. The molecule has 2 N–H and O–H groups in total. The van der Waals surface area contributed by atoms with Crippen molar-refractivity contribution in [3.63, 3.8) is 0 Å². The molecular weight excluding hydrogens is 306 g/mol. The van der Waals surface area contributed by atoms with Crippen LogP contribution >= 0.6 is 11.8 Å². The van der Waals surface area contributed by atoms with E-state index in [-0.39, 0.29) is 11.8 Å². The molecule has 1 aliphatic rings. The maximum atomic E-state index is 12.4. The van der Waals surface area contributed by atoms with Crippen molar-refractivity contribution in [3.05, 3.63) is 29.6 Å². The first kappa shape index (κ1) is 16.7. The van der Waals surface area contributed by atoms with Gasteiger partial charge in [-0.2, -0.15) is 11.8 Å². The minimum absolute atomic E-state index is 0.0923. The molecule has 0 bridgehead atoms. The molecule has 1 aromatic heterocycles. The van der Waals surface area contributed by atoms with Crippen molar-refractivity contribution in [1.29, 1.82) is 0 Å². The van der Waals surface area contributed by atoms with E-state index in [2.05, 4.69) is 4.98 Å². The van der Waals surface area contributed by atoms with Crippen molar-refractivity contribution in [2.45, 2.75) is 25.3 Å². The Hall–Kier alpha value is -0.630. The summed E-state index contributed by atoms with van der Waals surface area (Å²) in [7, 11) is -3.11. The molecule has 1 saturated heterocycles. The van der Waals surface area contributed by atoms with E-state index in [0.717, 1.165) is 23.6 Å². The zero-order chi connectivity index (χ0) is 15.5. The van der Waals surface area contributed by atoms with Gasteiger partial charge in [-0.05, 0) is 18.6 Å². The molecule has 1 aromatic rings. The van der Waals surface area contributed by atoms with Gasteiger partial charge in [0.2, 0.25) is 0 Å². The van der Waals surface area contributed by atoms with Crippen LogP contribution in [0.4, 0.5) is 0 Å². The van der Waals surface area contributed by atoms with Gasteiger partial charge in [0.25, 0.3) is 0 Å². The van der Waals surface area contributed by atoms with Crippen molar-refractivity contribution in [2.75, 3.05) is 30.3 Å². The summed E-state index contributed by atoms with van der Waals surface area (Å²) in [6.45, 7) is 4.77. The van der Waals surface area contributed by atoms with Crippen molar-refractivity contribution in [1.82, 2.24) is 9.88 Å². The molecule has 0 amide bonds. The Bertz CT molecular complexity index is 560. The van der Waals surface area contributed by atoms with Crippen LogP contribution in [0, 0.1) is 6.92 Å². The van der Waals surface area contributed by atoms with Crippen LogP contribution in [0.15, 0.2) is 18.3 Å². The van der Waals surface area contributed by atoms with Gasteiger partial charge >= 0.3 is 0 Å². The quantitative estimate of drug-likeness (QED) is 0.875. The molecular formula is C14H23N3O2S2. The second-order valence-corrected chi connectivity index (χ2v) is 8.80. The number of rotatable bonds is 5. The fourth-order valence-electron chi connectivity index (χ4n) is 2.59. The van der Waals surface area contributed by atoms with Crippen LogP contribution in [0.3, 0.4) is 0 Å². The lowest BCUT2D eigenvalue weighted by atomic mass is 10.1. The van der Waals surface area contributed by atoms with Gasteiger partial charge in [0.15, 0.2) is 9.84 Å². The third kappa shape index (κ3) is 3.77. The summed E-state index contributed by atoms with van der Waals surface area (Å²) in [5.74, 6) is 1.72. The maximum absolute atomic E-state index is 12.4. The summed E-state index contributed by atoms with van der Waals surface area (Å²) in [6.07, 6.45) is 1.81. The van der Waals surface area contributed by atoms with Gasteiger partial charge in [-0.25, -0.2) is 8.42 Å². The van der Waals surface area contributed by atoms with Gasteiger partial charge < -0.3 is 5.73 Å². The van der Waals surface area contributed by atoms with E-state index < -0.39 is 15.2 Å². The summed E-state index contributed by atoms with van der Waals surface area (Å²) in [5.41, 5.74) is 7.89. The van der Waals surface area contributed by atoms with Crippen molar-refractivity contribution in [3.8, 4) is 0 Å². The average molecular weight is 329 g/mol. The van der Waals surface area contributed by atoms with Crippen LogP contribution in [0.1, 0.15) is 24.2 Å². The SMILES string of the molecule is CCS(=O)(=O)C1CSCCN1C(CN)c1ccc(C)nc1. The van der Waals surface area contributed by atoms with E-state index in [9.17, 15) is 8.42 Å². The predicted octanol–water partition coefficient (Wildman–Crippen LogP) is 1.20. The van der Waals surface area contributed by atoms with E-state index in [1.165, 1.54) is 0 Å². The van der Waals surface area contributed by atoms with Crippen LogP contribution < -0.4 is 5.73 Å². The summed E-state index contributed by atoms with van der Waals surface area (Å²) in [6, 6.07) is 3.85. The van der Waals surface area contributed by atoms with Gasteiger partial charge in [0.05, 0.1) is 0 Å². The summed E-state index contributed by atoms with van der Waals surface area (Å²) in [5, 5.41) is -0.448. The van der Waals surface area contributed by atoms with Gasteiger partial charge in [0, 0.05) is 48.3 Å². The van der Waals surface area contributed by atoms with Gasteiger partial charge in [-0.15, -0.1) is 0 Å². The molecule has 0 spiro atoms. The minimum Gasteiger partial charge on any atom is -0.329 e. The van der Waals surface area contributed by atoms with Crippen LogP contribution in [0.25, 0.3) is 0 Å². The largest absolute Gasteiger partial charge is 0.329 e. The molecule has 7 heteroatoms. The second-order valence-electron chi connectivity index (χ2n) is 5.20. The highest BCUT2D eigenvalue weighted by atomic mass is 32.2. The molecule has 2 atom stereocenters. The third-order valence-electron chi connectivity index (χ3n) is 3.88.